The molecule has 0 aromatic heterocycles. The van der Waals surface area contributed by atoms with Gasteiger partial charge in [-0.1, -0.05) is 31.4 Å². The quantitative estimate of drug-likeness (QED) is 0.729. The van der Waals surface area contributed by atoms with Gasteiger partial charge in [-0.25, -0.2) is 0 Å². The molecule has 0 unspecified atom stereocenters. The van der Waals surface area contributed by atoms with Gasteiger partial charge < -0.3 is 9.84 Å². The smallest absolute Gasteiger partial charge is 0.317 e. The van der Waals surface area contributed by atoms with E-state index in [1.807, 2.05) is 37.4 Å². The Kier molecular flexibility index (Phi) is 7.24. The van der Waals surface area contributed by atoms with Gasteiger partial charge in [0.2, 0.25) is 0 Å². The van der Waals surface area contributed by atoms with Gasteiger partial charge in [0.25, 0.3) is 0 Å². The molecule has 4 nitrogen and oxygen atoms in total. The lowest BCUT2D eigenvalue weighted by Crippen LogP contribution is -2.45. The molecule has 23 heavy (non-hydrogen) atoms. The van der Waals surface area contributed by atoms with Crippen molar-refractivity contribution in [1.29, 1.82) is 0 Å². The van der Waals surface area contributed by atoms with Crippen LogP contribution in [0.4, 0.5) is 0 Å². The molecule has 128 valence electrons. The SMILES string of the molecule is CSc1ccccc1O[C@H](C)CN(CC(=O)O)C1CCCCC1. The Bertz CT molecular complexity index is 503. The maximum Gasteiger partial charge on any atom is 0.317 e. The van der Waals surface area contributed by atoms with Gasteiger partial charge in [0.15, 0.2) is 0 Å². The van der Waals surface area contributed by atoms with Crippen LogP contribution in [0.15, 0.2) is 29.2 Å². The van der Waals surface area contributed by atoms with Crippen molar-refractivity contribution in [2.75, 3.05) is 19.3 Å². The monoisotopic (exact) mass is 337 g/mol. The number of thioether (sulfide) groups is 1. The molecule has 0 saturated heterocycles. The second-order valence-electron chi connectivity index (χ2n) is 6.19. The third kappa shape index (κ3) is 5.74. The largest absolute Gasteiger partial charge is 0.488 e. The zero-order valence-corrected chi connectivity index (χ0v) is 14.8. The minimum atomic E-state index is -0.757. The molecular weight excluding hydrogens is 310 g/mol. The third-order valence-corrected chi connectivity index (χ3v) is 5.10. The lowest BCUT2D eigenvalue weighted by molar-refractivity contribution is -0.139. The molecule has 0 bridgehead atoms. The normalized spacial score (nSPS) is 17.2. The summed E-state index contributed by atoms with van der Waals surface area (Å²) < 4.78 is 6.08. The molecule has 1 saturated carbocycles. The molecule has 1 fully saturated rings. The van der Waals surface area contributed by atoms with E-state index in [4.69, 9.17) is 4.74 Å². The number of ether oxygens (including phenoxy) is 1. The van der Waals surface area contributed by atoms with Crippen LogP contribution in [0.3, 0.4) is 0 Å². The van der Waals surface area contributed by atoms with Gasteiger partial charge in [-0.3, -0.25) is 9.69 Å². The highest BCUT2D eigenvalue weighted by Crippen LogP contribution is 2.28. The Morgan fingerprint density at radius 1 is 1.35 bits per heavy atom. The Morgan fingerprint density at radius 2 is 2.04 bits per heavy atom. The van der Waals surface area contributed by atoms with Crippen molar-refractivity contribution in [3.8, 4) is 5.75 Å². The topological polar surface area (TPSA) is 49.8 Å². The molecule has 1 N–H and O–H groups in total. The summed E-state index contributed by atoms with van der Waals surface area (Å²) in [5, 5.41) is 9.21. The molecule has 2 rings (SSSR count). The number of aliphatic carboxylic acids is 1. The highest BCUT2D eigenvalue weighted by Gasteiger charge is 2.25. The molecule has 5 heteroatoms. The van der Waals surface area contributed by atoms with Crippen LogP contribution in [0.5, 0.6) is 5.75 Å². The first-order valence-corrected chi connectivity index (χ1v) is 9.58. The number of hydrogen-bond acceptors (Lipinski definition) is 4. The van der Waals surface area contributed by atoms with Crippen molar-refractivity contribution < 1.29 is 14.6 Å². The van der Waals surface area contributed by atoms with E-state index in [1.54, 1.807) is 11.8 Å². The summed E-state index contributed by atoms with van der Waals surface area (Å²) in [7, 11) is 0. The lowest BCUT2D eigenvalue weighted by atomic mass is 9.94. The Balaban J connectivity index is 1.98. The molecule has 1 aromatic carbocycles. The summed E-state index contributed by atoms with van der Waals surface area (Å²) in [6.07, 6.45) is 7.86. The van der Waals surface area contributed by atoms with Gasteiger partial charge >= 0.3 is 5.97 Å². The molecule has 1 aromatic rings. The Morgan fingerprint density at radius 3 is 2.70 bits per heavy atom. The summed E-state index contributed by atoms with van der Waals surface area (Å²) in [6, 6.07) is 8.37. The number of hydrogen-bond donors (Lipinski definition) is 1. The summed E-state index contributed by atoms with van der Waals surface area (Å²) >= 11 is 1.66. The van der Waals surface area contributed by atoms with Crippen LogP contribution in [-0.2, 0) is 4.79 Å². The van der Waals surface area contributed by atoms with E-state index in [2.05, 4.69) is 4.90 Å². The standard InChI is InChI=1S/C18H27NO3S/c1-14(22-16-10-6-7-11-17(16)23-2)12-19(13-18(20)21)15-8-4-3-5-9-15/h6-7,10-11,14-15H,3-5,8-9,12-13H2,1-2H3,(H,20,21)/t14-/m1/s1. The van der Waals surface area contributed by atoms with E-state index in [-0.39, 0.29) is 12.6 Å². The van der Waals surface area contributed by atoms with Crippen molar-refractivity contribution in [3.05, 3.63) is 24.3 Å². The Hall–Kier alpha value is -1.20. The third-order valence-electron chi connectivity index (χ3n) is 4.32. The highest BCUT2D eigenvalue weighted by atomic mass is 32.2. The summed E-state index contributed by atoms with van der Waals surface area (Å²) in [4.78, 5) is 14.4. The second-order valence-corrected chi connectivity index (χ2v) is 7.04. The fourth-order valence-corrected chi connectivity index (χ4v) is 3.80. The highest BCUT2D eigenvalue weighted by molar-refractivity contribution is 7.98. The van der Waals surface area contributed by atoms with Gasteiger partial charge in [-0.2, -0.15) is 0 Å². The molecule has 0 heterocycles. The van der Waals surface area contributed by atoms with Crippen LogP contribution in [0.25, 0.3) is 0 Å². The zero-order chi connectivity index (χ0) is 16.7. The van der Waals surface area contributed by atoms with Crippen LogP contribution >= 0.6 is 11.8 Å². The minimum absolute atomic E-state index is 0.0374. The van der Waals surface area contributed by atoms with Gasteiger partial charge in [-0.15, -0.1) is 11.8 Å². The number of para-hydroxylation sites is 1. The molecule has 1 aliphatic rings. The molecule has 0 aliphatic heterocycles. The lowest BCUT2D eigenvalue weighted by Gasteiger charge is -2.34. The summed E-state index contributed by atoms with van der Waals surface area (Å²) in [5.41, 5.74) is 0. The van der Waals surface area contributed by atoms with E-state index in [0.717, 1.165) is 23.5 Å². The van der Waals surface area contributed by atoms with Gasteiger partial charge in [0, 0.05) is 17.5 Å². The maximum absolute atomic E-state index is 11.2. The molecule has 0 spiro atoms. The van der Waals surface area contributed by atoms with Crippen molar-refractivity contribution in [1.82, 2.24) is 4.90 Å². The predicted molar refractivity (Wildman–Crippen MR) is 94.4 cm³/mol. The molecule has 1 aliphatic carbocycles. The van der Waals surface area contributed by atoms with Gasteiger partial charge in [-0.05, 0) is 38.2 Å². The first-order valence-electron chi connectivity index (χ1n) is 8.35. The van der Waals surface area contributed by atoms with E-state index < -0.39 is 5.97 Å². The number of nitrogens with zero attached hydrogens (tertiary/aromatic N) is 1. The summed E-state index contributed by atoms with van der Waals surface area (Å²) in [5.74, 6) is 0.124. The van der Waals surface area contributed by atoms with Crippen molar-refractivity contribution >= 4 is 17.7 Å². The number of benzene rings is 1. The fraction of sp³-hybridized carbons (Fsp3) is 0.611. The van der Waals surface area contributed by atoms with Crippen LogP contribution in [-0.4, -0.2) is 47.5 Å². The fourth-order valence-electron chi connectivity index (χ4n) is 3.26. The van der Waals surface area contributed by atoms with Gasteiger partial charge in [0.1, 0.15) is 11.9 Å². The predicted octanol–water partition coefficient (Wildman–Crippen LogP) is 3.90. The Labute approximate surface area is 143 Å². The minimum Gasteiger partial charge on any atom is -0.488 e. The molecular formula is C18H27NO3S. The average Bonchev–Trinajstić information content (AvgIpc) is 2.55. The van der Waals surface area contributed by atoms with Crippen molar-refractivity contribution in [2.24, 2.45) is 0 Å². The van der Waals surface area contributed by atoms with E-state index in [0.29, 0.717) is 12.6 Å². The van der Waals surface area contributed by atoms with Crippen LogP contribution in [0.1, 0.15) is 39.0 Å². The zero-order valence-electron chi connectivity index (χ0n) is 14.0. The van der Waals surface area contributed by atoms with Crippen LogP contribution in [0.2, 0.25) is 0 Å². The second kappa shape index (κ2) is 9.18. The molecule has 0 amide bonds. The van der Waals surface area contributed by atoms with Crippen molar-refractivity contribution in [3.63, 3.8) is 0 Å². The number of rotatable bonds is 8. The van der Waals surface area contributed by atoms with E-state index in [1.165, 1.54) is 19.3 Å². The number of carbonyl (C=O) groups is 1. The van der Waals surface area contributed by atoms with Gasteiger partial charge in [0.05, 0.1) is 6.54 Å². The molecule has 0 radical (unpaired) electrons. The summed E-state index contributed by atoms with van der Waals surface area (Å²) in [6.45, 7) is 2.77. The number of carboxylic acid groups (broad SMARTS) is 1. The first kappa shape index (κ1) is 18.1. The number of carboxylic acids is 1. The maximum atomic E-state index is 11.2. The van der Waals surface area contributed by atoms with E-state index >= 15 is 0 Å². The van der Waals surface area contributed by atoms with Crippen LogP contribution in [0, 0.1) is 0 Å². The van der Waals surface area contributed by atoms with Crippen LogP contribution < -0.4 is 4.74 Å². The first-order chi connectivity index (χ1) is 11.1. The molecule has 1 atom stereocenters. The van der Waals surface area contributed by atoms with Crippen molar-refractivity contribution in [2.45, 2.75) is 56.1 Å². The van der Waals surface area contributed by atoms with E-state index in [9.17, 15) is 9.90 Å². The average molecular weight is 337 g/mol.